The van der Waals surface area contributed by atoms with Crippen molar-refractivity contribution in [2.45, 2.75) is 44.1 Å². The Balaban J connectivity index is 1.79. The van der Waals surface area contributed by atoms with Gasteiger partial charge in [-0.2, -0.15) is 5.26 Å². The fourth-order valence-corrected chi connectivity index (χ4v) is 5.31. The second kappa shape index (κ2) is 3.32. The Morgan fingerprint density at radius 2 is 1.72 bits per heavy atom. The van der Waals surface area contributed by atoms with Crippen molar-refractivity contribution in [2.24, 2.45) is 17.8 Å². The molecule has 4 fully saturated rings. The summed E-state index contributed by atoms with van der Waals surface area (Å²) >= 11 is 0. The van der Waals surface area contributed by atoms with Gasteiger partial charge in [0.25, 0.3) is 0 Å². The Labute approximate surface area is 108 Å². The zero-order valence-corrected chi connectivity index (χ0v) is 10.6. The van der Waals surface area contributed by atoms with Crippen LogP contribution in [-0.2, 0) is 5.54 Å². The SMILES string of the molecule is N#Cc1cc(N)n(C23CC4CC(CC(C4)C2)C3)c1. The molecule has 0 aromatic carbocycles. The van der Waals surface area contributed by atoms with Crippen LogP contribution in [0.5, 0.6) is 0 Å². The molecule has 0 amide bonds. The molecule has 1 aromatic heterocycles. The minimum absolute atomic E-state index is 0.244. The van der Waals surface area contributed by atoms with Crippen LogP contribution in [0.15, 0.2) is 12.3 Å². The monoisotopic (exact) mass is 241 g/mol. The van der Waals surface area contributed by atoms with Gasteiger partial charge in [-0.3, -0.25) is 0 Å². The minimum atomic E-state index is 0.244. The van der Waals surface area contributed by atoms with Crippen LogP contribution in [-0.4, -0.2) is 4.57 Å². The largest absolute Gasteiger partial charge is 0.385 e. The Hall–Kier alpha value is -1.43. The summed E-state index contributed by atoms with van der Waals surface area (Å²) in [5, 5.41) is 9.04. The van der Waals surface area contributed by atoms with Gasteiger partial charge in [-0.05, 0) is 62.3 Å². The molecule has 0 radical (unpaired) electrons. The third-order valence-corrected chi connectivity index (χ3v) is 5.50. The average Bonchev–Trinajstić information content (AvgIpc) is 2.69. The second-order valence-electron chi connectivity index (χ2n) is 6.78. The summed E-state index contributed by atoms with van der Waals surface area (Å²) < 4.78 is 2.25. The van der Waals surface area contributed by atoms with E-state index < -0.39 is 0 Å². The van der Waals surface area contributed by atoms with Crippen LogP contribution in [0.3, 0.4) is 0 Å². The molecule has 0 aliphatic heterocycles. The fraction of sp³-hybridized carbons (Fsp3) is 0.667. The first-order chi connectivity index (χ1) is 8.68. The number of hydrogen-bond donors (Lipinski definition) is 1. The van der Waals surface area contributed by atoms with Crippen molar-refractivity contribution in [1.29, 1.82) is 5.26 Å². The topological polar surface area (TPSA) is 54.7 Å². The van der Waals surface area contributed by atoms with Crippen molar-refractivity contribution in [3.63, 3.8) is 0 Å². The van der Waals surface area contributed by atoms with E-state index in [1.54, 1.807) is 0 Å². The van der Waals surface area contributed by atoms with E-state index in [0.717, 1.165) is 23.6 Å². The van der Waals surface area contributed by atoms with E-state index in [2.05, 4.69) is 10.6 Å². The molecule has 0 atom stereocenters. The van der Waals surface area contributed by atoms with Gasteiger partial charge in [0.1, 0.15) is 11.9 Å². The predicted octanol–water partition coefficient (Wildman–Crippen LogP) is 2.87. The lowest BCUT2D eigenvalue weighted by Gasteiger charge is -2.57. The van der Waals surface area contributed by atoms with Crippen molar-refractivity contribution in [1.82, 2.24) is 4.57 Å². The Bertz CT molecular complexity index is 499. The third kappa shape index (κ3) is 1.29. The molecule has 0 unspecified atom stereocenters. The number of nitriles is 1. The van der Waals surface area contributed by atoms with Gasteiger partial charge >= 0.3 is 0 Å². The molecule has 4 aliphatic carbocycles. The first-order valence-electron chi connectivity index (χ1n) is 7.07. The van der Waals surface area contributed by atoms with Crippen LogP contribution in [0.1, 0.15) is 44.1 Å². The van der Waals surface area contributed by atoms with Gasteiger partial charge in [0, 0.05) is 11.7 Å². The highest BCUT2D eigenvalue weighted by Crippen LogP contribution is 2.59. The van der Waals surface area contributed by atoms with E-state index in [4.69, 9.17) is 11.0 Å². The van der Waals surface area contributed by atoms with Crippen molar-refractivity contribution in [3.05, 3.63) is 17.8 Å². The zero-order chi connectivity index (χ0) is 12.3. The van der Waals surface area contributed by atoms with Gasteiger partial charge in [-0.15, -0.1) is 0 Å². The molecule has 94 valence electrons. The third-order valence-electron chi connectivity index (χ3n) is 5.50. The zero-order valence-electron chi connectivity index (χ0n) is 10.6. The van der Waals surface area contributed by atoms with E-state index in [-0.39, 0.29) is 5.54 Å². The minimum Gasteiger partial charge on any atom is -0.385 e. The number of rotatable bonds is 1. The molecular formula is C15H19N3. The van der Waals surface area contributed by atoms with Gasteiger partial charge in [-0.1, -0.05) is 0 Å². The van der Waals surface area contributed by atoms with E-state index in [1.807, 2.05) is 12.3 Å². The predicted molar refractivity (Wildman–Crippen MR) is 69.7 cm³/mol. The molecule has 0 saturated heterocycles. The van der Waals surface area contributed by atoms with E-state index in [1.165, 1.54) is 38.5 Å². The quantitative estimate of drug-likeness (QED) is 0.822. The summed E-state index contributed by atoms with van der Waals surface area (Å²) in [5.41, 5.74) is 7.11. The second-order valence-corrected chi connectivity index (χ2v) is 6.78. The number of nitrogen functional groups attached to an aromatic ring is 1. The number of nitrogens with two attached hydrogens (primary N) is 1. The standard InChI is InChI=1S/C15H19N3/c16-8-13-4-14(17)18(9-13)15-5-10-1-11(6-15)3-12(2-10)7-15/h4,9-12H,1-3,5-7,17H2. The molecule has 5 rings (SSSR count). The lowest BCUT2D eigenvalue weighted by molar-refractivity contribution is -0.0417. The maximum absolute atomic E-state index is 9.04. The number of aromatic nitrogens is 1. The smallest absolute Gasteiger partial charge is 0.105 e. The summed E-state index contributed by atoms with van der Waals surface area (Å²) in [6, 6.07) is 4.05. The van der Waals surface area contributed by atoms with Gasteiger partial charge in [0.15, 0.2) is 0 Å². The maximum Gasteiger partial charge on any atom is 0.105 e. The molecule has 1 aromatic rings. The highest BCUT2D eigenvalue weighted by atomic mass is 15.1. The number of hydrogen-bond acceptors (Lipinski definition) is 2. The van der Waals surface area contributed by atoms with E-state index in [9.17, 15) is 0 Å². The van der Waals surface area contributed by atoms with Crippen LogP contribution in [0.2, 0.25) is 0 Å². The molecule has 1 heterocycles. The van der Waals surface area contributed by atoms with Gasteiger partial charge in [-0.25, -0.2) is 0 Å². The van der Waals surface area contributed by atoms with Gasteiger partial charge < -0.3 is 10.3 Å². The Morgan fingerprint density at radius 3 is 2.17 bits per heavy atom. The van der Waals surface area contributed by atoms with Crippen molar-refractivity contribution in [3.8, 4) is 6.07 Å². The summed E-state index contributed by atoms with van der Waals surface area (Å²) in [4.78, 5) is 0. The molecule has 3 heteroatoms. The van der Waals surface area contributed by atoms with Gasteiger partial charge in [0.2, 0.25) is 0 Å². The van der Waals surface area contributed by atoms with Crippen molar-refractivity contribution in [2.75, 3.05) is 5.73 Å². The van der Waals surface area contributed by atoms with Crippen LogP contribution in [0, 0.1) is 29.1 Å². The molecule has 18 heavy (non-hydrogen) atoms. The lowest BCUT2D eigenvalue weighted by atomic mass is 9.53. The maximum atomic E-state index is 9.04. The lowest BCUT2D eigenvalue weighted by Crippen LogP contribution is -2.51. The van der Waals surface area contributed by atoms with E-state index in [0.29, 0.717) is 5.56 Å². The van der Waals surface area contributed by atoms with E-state index >= 15 is 0 Å². The highest BCUT2D eigenvalue weighted by Gasteiger charge is 2.52. The average molecular weight is 241 g/mol. The molecular weight excluding hydrogens is 222 g/mol. The van der Waals surface area contributed by atoms with Gasteiger partial charge in [0.05, 0.1) is 5.56 Å². The molecule has 2 N–H and O–H groups in total. The number of nitrogens with zero attached hydrogens (tertiary/aromatic N) is 2. The van der Waals surface area contributed by atoms with Crippen LogP contribution in [0.4, 0.5) is 5.82 Å². The molecule has 4 bridgehead atoms. The number of anilines is 1. The molecule has 4 saturated carbocycles. The normalized spacial score (nSPS) is 40.9. The molecule has 0 spiro atoms. The fourth-order valence-electron chi connectivity index (χ4n) is 5.31. The summed E-state index contributed by atoms with van der Waals surface area (Å²) in [7, 11) is 0. The molecule has 3 nitrogen and oxygen atoms in total. The summed E-state index contributed by atoms with van der Waals surface area (Å²) in [5.74, 6) is 3.50. The van der Waals surface area contributed by atoms with Crippen LogP contribution >= 0.6 is 0 Å². The Kier molecular flexibility index (Phi) is 1.93. The van der Waals surface area contributed by atoms with Crippen LogP contribution in [0.25, 0.3) is 0 Å². The van der Waals surface area contributed by atoms with Crippen molar-refractivity contribution >= 4 is 5.82 Å². The summed E-state index contributed by atoms with van der Waals surface area (Å²) in [6.07, 6.45) is 10.1. The Morgan fingerprint density at radius 1 is 1.17 bits per heavy atom. The van der Waals surface area contributed by atoms with Crippen molar-refractivity contribution < 1.29 is 0 Å². The first kappa shape index (κ1) is 10.5. The summed E-state index contributed by atoms with van der Waals surface area (Å²) in [6.45, 7) is 0. The van der Waals surface area contributed by atoms with Crippen LogP contribution < -0.4 is 5.73 Å². The first-order valence-corrected chi connectivity index (χ1v) is 7.07. The highest BCUT2D eigenvalue weighted by molar-refractivity contribution is 5.43. The molecule has 4 aliphatic rings.